The number of rotatable bonds is 7. The lowest BCUT2D eigenvalue weighted by molar-refractivity contribution is -0.127. The van der Waals surface area contributed by atoms with Crippen molar-refractivity contribution in [2.45, 2.75) is 6.42 Å². The molecule has 2 aromatic carbocycles. The quantitative estimate of drug-likeness (QED) is 0.811. The molecule has 0 fully saturated rings. The lowest BCUT2D eigenvalue weighted by atomic mass is 10.1. The molecule has 2 aromatic rings. The fraction of sp³-hybridized carbons (Fsp3) is 0.263. The molecule has 2 amide bonds. The van der Waals surface area contributed by atoms with E-state index in [9.17, 15) is 9.59 Å². The third-order valence-corrected chi connectivity index (χ3v) is 3.65. The SMILES string of the molecule is COc1cccc(NC(=O)CNc2ccccc2CC(=O)N(C)C)c1. The minimum atomic E-state index is -0.179. The molecule has 6 heteroatoms. The van der Waals surface area contributed by atoms with Gasteiger partial charge >= 0.3 is 0 Å². The Balaban J connectivity index is 1.96. The van der Waals surface area contributed by atoms with Crippen molar-refractivity contribution in [1.82, 2.24) is 4.90 Å². The Morgan fingerprint density at radius 3 is 2.56 bits per heavy atom. The van der Waals surface area contributed by atoms with Crippen molar-refractivity contribution in [3.63, 3.8) is 0 Å². The molecule has 0 heterocycles. The van der Waals surface area contributed by atoms with Gasteiger partial charge in [0.1, 0.15) is 5.75 Å². The Morgan fingerprint density at radius 1 is 1.08 bits per heavy atom. The molecule has 2 rings (SSSR count). The highest BCUT2D eigenvalue weighted by Gasteiger charge is 2.10. The molecular weight excluding hydrogens is 318 g/mol. The van der Waals surface area contributed by atoms with Gasteiger partial charge in [0.2, 0.25) is 11.8 Å². The summed E-state index contributed by atoms with van der Waals surface area (Å²) in [4.78, 5) is 25.6. The van der Waals surface area contributed by atoms with Crippen molar-refractivity contribution in [2.24, 2.45) is 0 Å². The van der Waals surface area contributed by atoms with Gasteiger partial charge in [0.25, 0.3) is 0 Å². The Labute approximate surface area is 147 Å². The number of likely N-dealkylation sites (N-methyl/N-ethyl adjacent to an activating group) is 1. The first-order valence-corrected chi connectivity index (χ1v) is 7.95. The van der Waals surface area contributed by atoms with Crippen LogP contribution in [-0.4, -0.2) is 44.5 Å². The van der Waals surface area contributed by atoms with Crippen LogP contribution < -0.4 is 15.4 Å². The average Bonchev–Trinajstić information content (AvgIpc) is 2.61. The van der Waals surface area contributed by atoms with Crippen LogP contribution in [0, 0.1) is 0 Å². The Kier molecular flexibility index (Phi) is 6.39. The molecule has 0 spiro atoms. The number of nitrogens with zero attached hydrogens (tertiary/aromatic N) is 1. The maximum absolute atomic E-state index is 12.1. The molecule has 0 aliphatic rings. The minimum Gasteiger partial charge on any atom is -0.497 e. The van der Waals surface area contributed by atoms with Crippen LogP contribution in [0.5, 0.6) is 5.75 Å². The number of hydrogen-bond donors (Lipinski definition) is 2. The number of carbonyl (C=O) groups is 2. The van der Waals surface area contributed by atoms with Gasteiger partial charge in [0.15, 0.2) is 0 Å². The van der Waals surface area contributed by atoms with Gasteiger partial charge in [-0.1, -0.05) is 24.3 Å². The van der Waals surface area contributed by atoms with Gasteiger partial charge in [-0.15, -0.1) is 0 Å². The van der Waals surface area contributed by atoms with E-state index in [1.807, 2.05) is 36.4 Å². The maximum atomic E-state index is 12.1. The lowest BCUT2D eigenvalue weighted by Crippen LogP contribution is -2.25. The molecule has 6 nitrogen and oxygen atoms in total. The summed E-state index contributed by atoms with van der Waals surface area (Å²) in [6, 6.07) is 14.6. The van der Waals surface area contributed by atoms with Gasteiger partial charge < -0.3 is 20.3 Å². The highest BCUT2D eigenvalue weighted by atomic mass is 16.5. The van der Waals surface area contributed by atoms with Crippen molar-refractivity contribution >= 4 is 23.2 Å². The summed E-state index contributed by atoms with van der Waals surface area (Å²) >= 11 is 0. The van der Waals surface area contributed by atoms with E-state index in [0.29, 0.717) is 11.4 Å². The van der Waals surface area contributed by atoms with E-state index in [1.165, 1.54) is 0 Å². The van der Waals surface area contributed by atoms with Crippen molar-refractivity contribution in [1.29, 1.82) is 0 Å². The molecule has 0 aliphatic carbocycles. The van der Waals surface area contributed by atoms with Gasteiger partial charge in [-0.3, -0.25) is 9.59 Å². The van der Waals surface area contributed by atoms with Gasteiger partial charge in [0, 0.05) is 31.5 Å². The highest BCUT2D eigenvalue weighted by molar-refractivity contribution is 5.94. The predicted octanol–water partition coefficient (Wildman–Crippen LogP) is 2.38. The van der Waals surface area contributed by atoms with E-state index >= 15 is 0 Å². The molecule has 0 saturated carbocycles. The predicted molar refractivity (Wildman–Crippen MR) is 99.0 cm³/mol. The van der Waals surface area contributed by atoms with Gasteiger partial charge in [-0.25, -0.2) is 0 Å². The fourth-order valence-electron chi connectivity index (χ4n) is 2.25. The van der Waals surface area contributed by atoms with Crippen LogP contribution >= 0.6 is 0 Å². The Bertz CT molecular complexity index is 744. The fourth-order valence-corrected chi connectivity index (χ4v) is 2.25. The zero-order valence-electron chi connectivity index (χ0n) is 14.7. The van der Waals surface area contributed by atoms with Crippen LogP contribution in [0.4, 0.5) is 11.4 Å². The number of amides is 2. The summed E-state index contributed by atoms with van der Waals surface area (Å²) in [5, 5.41) is 5.90. The highest BCUT2D eigenvalue weighted by Crippen LogP contribution is 2.18. The first-order chi connectivity index (χ1) is 12.0. The Hall–Kier alpha value is -3.02. The molecule has 25 heavy (non-hydrogen) atoms. The van der Waals surface area contributed by atoms with E-state index in [-0.39, 0.29) is 24.8 Å². The monoisotopic (exact) mass is 341 g/mol. The van der Waals surface area contributed by atoms with Crippen molar-refractivity contribution in [3.05, 3.63) is 54.1 Å². The molecule has 0 bridgehead atoms. The number of para-hydroxylation sites is 1. The number of ether oxygens (including phenoxy) is 1. The number of hydrogen-bond acceptors (Lipinski definition) is 4. The van der Waals surface area contributed by atoms with Crippen LogP contribution in [-0.2, 0) is 16.0 Å². The minimum absolute atomic E-state index is 0.00934. The van der Waals surface area contributed by atoms with E-state index in [0.717, 1.165) is 11.3 Å². The second-order valence-corrected chi connectivity index (χ2v) is 5.76. The van der Waals surface area contributed by atoms with Crippen LogP contribution in [0.15, 0.2) is 48.5 Å². The summed E-state index contributed by atoms with van der Waals surface area (Å²) < 4.78 is 5.13. The number of benzene rings is 2. The normalized spacial score (nSPS) is 10.0. The third kappa shape index (κ3) is 5.53. The molecule has 0 atom stereocenters. The lowest BCUT2D eigenvalue weighted by Gasteiger charge is -2.14. The van der Waals surface area contributed by atoms with Crippen LogP contribution in [0.1, 0.15) is 5.56 Å². The summed E-state index contributed by atoms with van der Waals surface area (Å²) in [5.41, 5.74) is 2.30. The number of methoxy groups -OCH3 is 1. The topological polar surface area (TPSA) is 70.7 Å². The standard InChI is InChI=1S/C19H23N3O3/c1-22(2)19(24)11-14-7-4-5-10-17(14)20-13-18(23)21-15-8-6-9-16(12-15)25-3/h4-10,12,20H,11,13H2,1-3H3,(H,21,23). The molecular formula is C19H23N3O3. The first-order valence-electron chi connectivity index (χ1n) is 7.95. The summed E-state index contributed by atoms with van der Waals surface area (Å²) in [6.07, 6.45) is 0.285. The van der Waals surface area contributed by atoms with Crippen LogP contribution in [0.3, 0.4) is 0 Å². The molecule has 0 radical (unpaired) electrons. The zero-order valence-corrected chi connectivity index (χ0v) is 14.7. The number of carbonyl (C=O) groups excluding carboxylic acids is 2. The maximum Gasteiger partial charge on any atom is 0.243 e. The molecule has 0 unspecified atom stereocenters. The molecule has 0 aliphatic heterocycles. The van der Waals surface area contributed by atoms with Gasteiger partial charge in [0.05, 0.1) is 20.1 Å². The first kappa shape index (κ1) is 18.3. The van der Waals surface area contributed by atoms with Gasteiger partial charge in [-0.05, 0) is 23.8 Å². The largest absolute Gasteiger partial charge is 0.497 e. The second kappa shape index (κ2) is 8.73. The summed E-state index contributed by atoms with van der Waals surface area (Å²) in [5.74, 6) is 0.510. The van der Waals surface area contributed by atoms with Gasteiger partial charge in [-0.2, -0.15) is 0 Å². The van der Waals surface area contributed by atoms with E-state index in [2.05, 4.69) is 10.6 Å². The average molecular weight is 341 g/mol. The van der Waals surface area contributed by atoms with Crippen molar-refractivity contribution < 1.29 is 14.3 Å². The van der Waals surface area contributed by atoms with E-state index in [4.69, 9.17) is 4.74 Å². The molecule has 0 saturated heterocycles. The van der Waals surface area contributed by atoms with E-state index in [1.54, 1.807) is 38.2 Å². The van der Waals surface area contributed by atoms with Crippen molar-refractivity contribution in [2.75, 3.05) is 38.4 Å². The second-order valence-electron chi connectivity index (χ2n) is 5.76. The summed E-state index contributed by atoms with van der Waals surface area (Å²) in [7, 11) is 5.02. The van der Waals surface area contributed by atoms with Crippen molar-refractivity contribution in [3.8, 4) is 5.75 Å². The molecule has 2 N–H and O–H groups in total. The summed E-state index contributed by atoms with van der Waals surface area (Å²) in [6.45, 7) is 0.102. The number of anilines is 2. The van der Waals surface area contributed by atoms with E-state index < -0.39 is 0 Å². The third-order valence-electron chi connectivity index (χ3n) is 3.65. The molecule has 0 aromatic heterocycles. The number of nitrogens with one attached hydrogen (secondary N) is 2. The van der Waals surface area contributed by atoms with Crippen LogP contribution in [0.25, 0.3) is 0 Å². The molecule has 132 valence electrons. The zero-order chi connectivity index (χ0) is 18.2. The van der Waals surface area contributed by atoms with Crippen LogP contribution in [0.2, 0.25) is 0 Å². The Morgan fingerprint density at radius 2 is 1.84 bits per heavy atom. The smallest absolute Gasteiger partial charge is 0.243 e.